The fourth-order valence-electron chi connectivity index (χ4n) is 0.311. The van der Waals surface area contributed by atoms with E-state index >= 15 is 0 Å². The second kappa shape index (κ2) is 4.46. The Hall–Kier alpha value is -0.703. The third-order valence-corrected chi connectivity index (χ3v) is 2.21. The smallest absolute Gasteiger partial charge is 0.226 e. The van der Waals surface area contributed by atoms with Gasteiger partial charge in [-0.2, -0.15) is 0 Å². The molecule has 42 valence electrons. The van der Waals surface area contributed by atoms with Crippen LogP contribution in [-0.2, 0) is 4.74 Å². The molecule has 0 aliphatic heterocycles. The van der Waals surface area contributed by atoms with Crippen molar-refractivity contribution in [1.82, 2.24) is 0 Å². The largest absolute Gasteiger partial charge is 0.386 e. The standard InChI is InChI=1S/C6H8OSi/c1-4-8(5-2)6-7-3/h1-2,8H,6H2,3H3. The molecule has 0 unspecified atom stereocenters. The van der Waals surface area contributed by atoms with Gasteiger partial charge in [0.2, 0.25) is 8.80 Å². The first-order valence-electron chi connectivity index (χ1n) is 2.26. The second-order valence-corrected chi connectivity index (χ2v) is 3.45. The monoisotopic (exact) mass is 124 g/mol. The molecule has 0 rings (SSSR count). The summed E-state index contributed by atoms with van der Waals surface area (Å²) in [6.07, 6.45) is 10.7. The normalized spacial score (nSPS) is 8.00. The third kappa shape index (κ3) is 2.47. The molecule has 0 radical (unpaired) electrons. The zero-order valence-electron chi connectivity index (χ0n) is 4.85. The van der Waals surface area contributed by atoms with E-state index in [2.05, 4.69) is 11.1 Å². The summed E-state index contributed by atoms with van der Waals surface area (Å²) in [7, 11) is 0.247. The topological polar surface area (TPSA) is 9.23 Å². The molecular weight excluding hydrogens is 116 g/mol. The van der Waals surface area contributed by atoms with Gasteiger partial charge in [-0.25, -0.2) is 0 Å². The van der Waals surface area contributed by atoms with Crippen molar-refractivity contribution in [2.75, 3.05) is 13.3 Å². The highest BCUT2D eigenvalue weighted by Gasteiger charge is 1.98. The maximum Gasteiger partial charge on any atom is 0.226 e. The van der Waals surface area contributed by atoms with Gasteiger partial charge in [-0.05, 0) is 0 Å². The van der Waals surface area contributed by atoms with Crippen LogP contribution in [0.2, 0.25) is 0 Å². The fraction of sp³-hybridized carbons (Fsp3) is 0.333. The first-order chi connectivity index (χ1) is 3.85. The van der Waals surface area contributed by atoms with Crippen molar-refractivity contribution in [2.24, 2.45) is 0 Å². The lowest BCUT2D eigenvalue weighted by atomic mass is 11.4. The van der Waals surface area contributed by atoms with E-state index in [1.54, 1.807) is 7.11 Å². The number of terminal acetylenes is 2. The van der Waals surface area contributed by atoms with Crippen LogP contribution in [0.15, 0.2) is 0 Å². The van der Waals surface area contributed by atoms with Gasteiger partial charge < -0.3 is 4.74 Å². The first-order valence-corrected chi connectivity index (χ1v) is 4.23. The van der Waals surface area contributed by atoms with Crippen molar-refractivity contribution in [1.29, 1.82) is 0 Å². The predicted octanol–water partition coefficient (Wildman–Crippen LogP) is -0.256. The van der Waals surface area contributed by atoms with Gasteiger partial charge in [0.1, 0.15) is 0 Å². The van der Waals surface area contributed by atoms with Crippen LogP contribution in [0.1, 0.15) is 0 Å². The summed E-state index contributed by atoms with van der Waals surface area (Å²) in [6.45, 7) is 0. The van der Waals surface area contributed by atoms with E-state index in [0.717, 1.165) is 0 Å². The zero-order valence-corrected chi connectivity index (χ0v) is 6.00. The fourth-order valence-corrected chi connectivity index (χ4v) is 0.933. The average molecular weight is 124 g/mol. The molecule has 0 aromatic heterocycles. The third-order valence-electron chi connectivity index (χ3n) is 0.736. The SMILES string of the molecule is C#C[SiH](C#C)COC. The Morgan fingerprint density at radius 3 is 2.12 bits per heavy atom. The minimum atomic E-state index is -1.36. The Balaban J connectivity index is 3.46. The number of hydrogen-bond donors (Lipinski definition) is 0. The highest BCUT2D eigenvalue weighted by Crippen LogP contribution is 1.75. The first kappa shape index (κ1) is 7.30. The van der Waals surface area contributed by atoms with Gasteiger partial charge >= 0.3 is 0 Å². The lowest BCUT2D eigenvalue weighted by molar-refractivity contribution is 0.251. The second-order valence-electron chi connectivity index (χ2n) is 1.34. The maximum atomic E-state index is 5.06. The van der Waals surface area contributed by atoms with E-state index in [1.807, 2.05) is 0 Å². The molecule has 0 saturated carbocycles. The van der Waals surface area contributed by atoms with Gasteiger partial charge in [0, 0.05) is 7.11 Å². The summed E-state index contributed by atoms with van der Waals surface area (Å²) < 4.78 is 4.76. The zero-order chi connectivity index (χ0) is 6.41. The van der Waals surface area contributed by atoms with Crippen LogP contribution in [0, 0.1) is 23.9 Å². The van der Waals surface area contributed by atoms with Crippen LogP contribution < -0.4 is 0 Å². The Kier molecular flexibility index (Phi) is 4.06. The summed E-state index contributed by atoms with van der Waals surface area (Å²) in [6, 6.07) is 0. The van der Waals surface area contributed by atoms with E-state index in [1.165, 1.54) is 0 Å². The Bertz CT molecular complexity index is 114. The summed E-state index contributed by atoms with van der Waals surface area (Å²) in [5.74, 6) is 0. The van der Waals surface area contributed by atoms with Crippen molar-refractivity contribution in [3.05, 3.63) is 0 Å². The van der Waals surface area contributed by atoms with Gasteiger partial charge in [-0.1, -0.05) is 0 Å². The van der Waals surface area contributed by atoms with Gasteiger partial charge in [-0.15, -0.1) is 23.9 Å². The number of ether oxygens (including phenoxy) is 1. The molecule has 0 heterocycles. The molecule has 0 aliphatic carbocycles. The van der Waals surface area contributed by atoms with Crippen molar-refractivity contribution in [2.45, 2.75) is 0 Å². The lowest BCUT2D eigenvalue weighted by Crippen LogP contribution is -2.15. The molecule has 0 aliphatic rings. The van der Waals surface area contributed by atoms with Crippen molar-refractivity contribution in [3.63, 3.8) is 0 Å². The van der Waals surface area contributed by atoms with Gasteiger partial charge in [-0.3, -0.25) is 0 Å². The minimum absolute atomic E-state index is 0.590. The minimum Gasteiger partial charge on any atom is -0.386 e. The molecule has 0 aromatic rings. The van der Waals surface area contributed by atoms with Crippen molar-refractivity contribution >= 4 is 8.80 Å². The van der Waals surface area contributed by atoms with Crippen LogP contribution in [0.25, 0.3) is 0 Å². The van der Waals surface area contributed by atoms with Crippen LogP contribution in [0.5, 0.6) is 0 Å². The van der Waals surface area contributed by atoms with Crippen LogP contribution in [-0.4, -0.2) is 22.1 Å². The van der Waals surface area contributed by atoms with Gasteiger partial charge in [0.25, 0.3) is 0 Å². The van der Waals surface area contributed by atoms with Crippen LogP contribution >= 0.6 is 0 Å². The molecule has 0 atom stereocenters. The molecule has 0 amide bonds. The summed E-state index contributed by atoms with van der Waals surface area (Å²) in [5, 5.41) is 0. The summed E-state index contributed by atoms with van der Waals surface area (Å²) in [4.78, 5) is 0. The van der Waals surface area contributed by atoms with Crippen LogP contribution in [0.3, 0.4) is 0 Å². The quantitative estimate of drug-likeness (QED) is 0.364. The molecule has 0 spiro atoms. The van der Waals surface area contributed by atoms with E-state index in [4.69, 9.17) is 17.6 Å². The molecule has 0 aromatic carbocycles. The number of methoxy groups -OCH3 is 1. The highest BCUT2D eigenvalue weighted by molar-refractivity contribution is 6.75. The predicted molar refractivity (Wildman–Crippen MR) is 36.7 cm³/mol. The lowest BCUT2D eigenvalue weighted by Gasteiger charge is -1.94. The van der Waals surface area contributed by atoms with Crippen molar-refractivity contribution in [3.8, 4) is 23.9 Å². The highest BCUT2D eigenvalue weighted by atomic mass is 28.3. The Morgan fingerprint density at radius 1 is 1.50 bits per heavy atom. The average Bonchev–Trinajstić information content (AvgIpc) is 1.83. The van der Waals surface area contributed by atoms with Crippen LogP contribution in [0.4, 0.5) is 0 Å². The molecule has 8 heavy (non-hydrogen) atoms. The van der Waals surface area contributed by atoms with E-state index in [9.17, 15) is 0 Å². The molecular formula is C6H8OSi. The number of rotatable bonds is 2. The molecule has 0 fully saturated rings. The summed E-state index contributed by atoms with van der Waals surface area (Å²) in [5.41, 5.74) is 5.06. The Morgan fingerprint density at radius 2 is 2.00 bits per heavy atom. The molecule has 1 nitrogen and oxygen atoms in total. The van der Waals surface area contributed by atoms with E-state index in [0.29, 0.717) is 6.23 Å². The molecule has 2 heteroatoms. The van der Waals surface area contributed by atoms with Gasteiger partial charge in [0.15, 0.2) is 0 Å². The van der Waals surface area contributed by atoms with Gasteiger partial charge in [0.05, 0.1) is 6.23 Å². The summed E-state index contributed by atoms with van der Waals surface area (Å²) >= 11 is 0. The van der Waals surface area contributed by atoms with E-state index in [-0.39, 0.29) is 0 Å². The van der Waals surface area contributed by atoms with E-state index < -0.39 is 8.80 Å². The number of hydrogen-bond acceptors (Lipinski definition) is 1. The van der Waals surface area contributed by atoms with Crippen molar-refractivity contribution < 1.29 is 4.74 Å². The Labute approximate surface area is 51.7 Å². The maximum absolute atomic E-state index is 5.06. The molecule has 0 bridgehead atoms. The molecule has 0 N–H and O–H groups in total. The molecule has 0 saturated heterocycles.